The number of nitrogens with two attached hydrogens (primary N) is 2. The molecule has 0 aliphatic rings. The van der Waals surface area contributed by atoms with Gasteiger partial charge in [0.25, 0.3) is 0 Å². The summed E-state index contributed by atoms with van der Waals surface area (Å²) in [5.41, 5.74) is 8.94. The lowest BCUT2D eigenvalue weighted by molar-refractivity contribution is 0.823. The van der Waals surface area contributed by atoms with Crippen molar-refractivity contribution < 1.29 is 11.0 Å². The highest BCUT2D eigenvalue weighted by atomic mass is 16.0. The lowest BCUT2D eigenvalue weighted by Gasteiger charge is -1.69. The van der Waals surface area contributed by atoms with Crippen molar-refractivity contribution in [1.29, 1.82) is 5.41 Å². The van der Waals surface area contributed by atoms with Crippen molar-refractivity contribution in [3.05, 3.63) is 0 Å². The minimum atomic E-state index is -0.333. The Balaban J connectivity index is -0.0000000450. The van der Waals surface area contributed by atoms with Crippen LogP contribution in [0.1, 0.15) is 0 Å². The maximum atomic E-state index is 6.06. The van der Waals surface area contributed by atoms with E-state index in [2.05, 4.69) is 11.5 Å². The zero-order valence-electron chi connectivity index (χ0n) is 3.15. The molecule has 5 heteroatoms. The van der Waals surface area contributed by atoms with E-state index in [1.807, 2.05) is 0 Å². The molecule has 0 heterocycles. The van der Waals surface area contributed by atoms with E-state index in [1.165, 1.54) is 0 Å². The minimum Gasteiger partial charge on any atom is -0.412 e. The largest absolute Gasteiger partial charge is 0.412 e. The zero-order chi connectivity index (χ0) is 3.58. The van der Waals surface area contributed by atoms with Crippen LogP contribution in [0.25, 0.3) is 0 Å². The van der Waals surface area contributed by atoms with E-state index in [0.717, 1.165) is 0 Å². The van der Waals surface area contributed by atoms with Gasteiger partial charge in [0, 0.05) is 0 Å². The molecule has 0 radical (unpaired) electrons. The van der Waals surface area contributed by atoms with Crippen LogP contribution < -0.4 is 11.5 Å². The molecule has 6 heavy (non-hydrogen) atoms. The first kappa shape index (κ1) is 19.0. The molecule has 0 saturated heterocycles. The normalized spacial score (nSPS) is 4.00. The molecule has 9 N–H and O–H groups in total. The number of nitrogens with one attached hydrogen (secondary N) is 1. The standard InChI is InChI=1S/CH5N3.2H2O/c2-1(3)4;;/h(H5,2,3,4);2*1H2. The number of hydrogen-bond acceptors (Lipinski definition) is 1. The molecule has 0 amide bonds. The van der Waals surface area contributed by atoms with Crippen LogP contribution >= 0.6 is 0 Å². The van der Waals surface area contributed by atoms with Crippen LogP contribution in [-0.2, 0) is 0 Å². The first-order valence-electron chi connectivity index (χ1n) is 0.827. The second kappa shape index (κ2) is 8.89. The van der Waals surface area contributed by atoms with Gasteiger partial charge in [-0.1, -0.05) is 0 Å². The Morgan fingerprint density at radius 1 is 1.17 bits per heavy atom. The summed E-state index contributed by atoms with van der Waals surface area (Å²) in [6, 6.07) is 0. The summed E-state index contributed by atoms with van der Waals surface area (Å²) in [5, 5.41) is 6.06. The van der Waals surface area contributed by atoms with Crippen LogP contribution in [0.3, 0.4) is 0 Å². The van der Waals surface area contributed by atoms with E-state index in [1.54, 1.807) is 0 Å². The van der Waals surface area contributed by atoms with Gasteiger partial charge in [-0.25, -0.2) is 0 Å². The van der Waals surface area contributed by atoms with Crippen LogP contribution in [-0.4, -0.2) is 16.9 Å². The van der Waals surface area contributed by atoms with Crippen molar-refractivity contribution >= 4 is 5.96 Å². The van der Waals surface area contributed by atoms with E-state index < -0.39 is 0 Å². The van der Waals surface area contributed by atoms with Crippen LogP contribution in [0.5, 0.6) is 0 Å². The van der Waals surface area contributed by atoms with Gasteiger partial charge in [0.15, 0.2) is 5.96 Å². The fourth-order valence-electron chi connectivity index (χ4n) is 0. The highest BCUT2D eigenvalue weighted by Gasteiger charge is 1.52. The van der Waals surface area contributed by atoms with Gasteiger partial charge in [-0.05, 0) is 0 Å². The van der Waals surface area contributed by atoms with E-state index in [0.29, 0.717) is 0 Å². The molecule has 0 unspecified atom stereocenters. The van der Waals surface area contributed by atoms with Gasteiger partial charge in [0.05, 0.1) is 0 Å². The van der Waals surface area contributed by atoms with Crippen LogP contribution in [0.4, 0.5) is 0 Å². The highest BCUT2D eigenvalue weighted by Crippen LogP contribution is 1.13. The van der Waals surface area contributed by atoms with E-state index in [-0.39, 0.29) is 16.9 Å². The fraction of sp³-hybridized carbons (Fsp3) is 0. The van der Waals surface area contributed by atoms with Crippen molar-refractivity contribution in [2.45, 2.75) is 0 Å². The van der Waals surface area contributed by atoms with Gasteiger partial charge in [-0.3, -0.25) is 5.41 Å². The Morgan fingerprint density at radius 3 is 1.17 bits per heavy atom. The molecule has 0 fully saturated rings. The molecule has 40 valence electrons. The monoisotopic (exact) mass is 95.1 g/mol. The third-order valence-corrected chi connectivity index (χ3v) is 0. The van der Waals surface area contributed by atoms with Crippen LogP contribution in [0.2, 0.25) is 0 Å². The summed E-state index contributed by atoms with van der Waals surface area (Å²) in [4.78, 5) is 0. The second-order valence-corrected chi connectivity index (χ2v) is 0.455. The number of rotatable bonds is 0. The first-order valence-corrected chi connectivity index (χ1v) is 0.827. The van der Waals surface area contributed by atoms with Crippen LogP contribution in [0.15, 0.2) is 0 Å². The predicted molar refractivity (Wildman–Crippen MR) is 23.3 cm³/mol. The van der Waals surface area contributed by atoms with Crippen molar-refractivity contribution in [3.63, 3.8) is 0 Å². The van der Waals surface area contributed by atoms with E-state index in [4.69, 9.17) is 5.41 Å². The third-order valence-electron chi connectivity index (χ3n) is 0. The quantitative estimate of drug-likeness (QED) is 0.221. The summed E-state index contributed by atoms with van der Waals surface area (Å²) >= 11 is 0. The molecule has 0 rings (SSSR count). The second-order valence-electron chi connectivity index (χ2n) is 0.455. The average molecular weight is 95.1 g/mol. The van der Waals surface area contributed by atoms with Crippen molar-refractivity contribution in [2.75, 3.05) is 0 Å². The van der Waals surface area contributed by atoms with Gasteiger partial charge >= 0.3 is 0 Å². The topological polar surface area (TPSA) is 139 Å². The molecule has 0 aromatic carbocycles. The van der Waals surface area contributed by atoms with Crippen LogP contribution in [0, 0.1) is 5.41 Å². The predicted octanol–water partition coefficient (Wildman–Crippen LogP) is -2.81. The molecule has 0 bridgehead atoms. The Labute approximate surface area is 35.1 Å². The summed E-state index contributed by atoms with van der Waals surface area (Å²) in [5.74, 6) is -0.333. The van der Waals surface area contributed by atoms with Gasteiger partial charge in [-0.15, -0.1) is 0 Å². The molecule has 0 aliphatic carbocycles. The lowest BCUT2D eigenvalue weighted by Crippen LogP contribution is -2.20. The van der Waals surface area contributed by atoms with Gasteiger partial charge in [0.2, 0.25) is 0 Å². The summed E-state index contributed by atoms with van der Waals surface area (Å²) < 4.78 is 0. The number of hydrogen-bond donors (Lipinski definition) is 3. The molecule has 5 nitrogen and oxygen atoms in total. The Hall–Kier alpha value is -0.810. The molecule has 0 saturated carbocycles. The number of guanidine groups is 1. The fourth-order valence-corrected chi connectivity index (χ4v) is 0. The smallest absolute Gasteiger partial charge is 0.183 e. The SMILES string of the molecule is N=C(N)N.O.O. The van der Waals surface area contributed by atoms with Crippen molar-refractivity contribution in [1.82, 2.24) is 0 Å². The average Bonchev–Trinajstić information content (AvgIpc) is 0.811. The van der Waals surface area contributed by atoms with Crippen molar-refractivity contribution in [3.8, 4) is 0 Å². The first-order chi connectivity index (χ1) is 1.73. The van der Waals surface area contributed by atoms with Gasteiger partial charge in [0.1, 0.15) is 0 Å². The summed E-state index contributed by atoms with van der Waals surface area (Å²) in [7, 11) is 0. The molecule has 0 aromatic rings. The summed E-state index contributed by atoms with van der Waals surface area (Å²) in [6.45, 7) is 0. The van der Waals surface area contributed by atoms with E-state index in [9.17, 15) is 0 Å². The molecular weight excluding hydrogens is 86.0 g/mol. The maximum Gasteiger partial charge on any atom is 0.183 e. The lowest BCUT2D eigenvalue weighted by atomic mass is 11.1. The molecular formula is CH9N3O2. The third kappa shape index (κ3) is 23.3. The van der Waals surface area contributed by atoms with Gasteiger partial charge < -0.3 is 22.4 Å². The van der Waals surface area contributed by atoms with Crippen molar-refractivity contribution in [2.24, 2.45) is 11.5 Å². The molecule has 0 atom stereocenters. The summed E-state index contributed by atoms with van der Waals surface area (Å²) in [6.07, 6.45) is 0. The highest BCUT2D eigenvalue weighted by molar-refractivity contribution is 5.71. The molecule has 0 aromatic heterocycles. The zero-order valence-corrected chi connectivity index (χ0v) is 3.15. The van der Waals surface area contributed by atoms with E-state index >= 15 is 0 Å². The Morgan fingerprint density at radius 2 is 1.17 bits per heavy atom. The Kier molecular flexibility index (Phi) is 28.1. The molecule has 0 spiro atoms. The Bertz CT molecular complexity index is 31.8. The minimum absolute atomic E-state index is 0. The maximum absolute atomic E-state index is 6.06. The molecule has 0 aliphatic heterocycles. The van der Waals surface area contributed by atoms with Gasteiger partial charge in [-0.2, -0.15) is 0 Å².